The first kappa shape index (κ1) is 41.9. The van der Waals surface area contributed by atoms with Crippen LogP contribution in [-0.4, -0.2) is 120 Å². The number of carbonyl (C=O) groups is 5. The normalized spacial score (nSPS) is 21.2. The summed E-state index contributed by atoms with van der Waals surface area (Å²) in [7, 11) is 0. The summed E-state index contributed by atoms with van der Waals surface area (Å²) >= 11 is 0. The molecule has 6 aliphatic heterocycles. The molecule has 17 heteroatoms. The highest BCUT2D eigenvalue weighted by atomic mass is 19.1. The predicted octanol–water partition coefficient (Wildman–Crippen LogP) is 5.47. The zero-order valence-electron chi connectivity index (χ0n) is 36.2. The Morgan fingerprint density at radius 3 is 2.26 bits per heavy atom. The standard InChI is InChI=1S/C49H49F2N9O6/c50-30-18-29(19-31(51)21-30)17-28-1-6-40-39(20-28)44(56-55-40)54-45(62)37-5-3-35(23-41(37)52-32-11-15-66-16-12-32)57-13-9-33(10-14-57)58-24-49(25-58)26-59(27-49)34-2-4-36-38(22-34)48(65)60(47(36)64)42-7-8-43(61)53-46(42)63/h1-6,18-23,32-33,42,52H,7-17,24-27H2,(H,53,61,63)(H2,54,55,56,62). The highest BCUT2D eigenvalue weighted by Crippen LogP contribution is 2.45. The first-order chi connectivity index (χ1) is 32.0. The maximum absolute atomic E-state index is 14.1. The maximum Gasteiger partial charge on any atom is 0.262 e. The van der Waals surface area contributed by atoms with Gasteiger partial charge in [-0.05, 0) is 110 Å². The second kappa shape index (κ2) is 16.6. The zero-order chi connectivity index (χ0) is 45.3. The van der Waals surface area contributed by atoms with Gasteiger partial charge in [0.15, 0.2) is 5.82 Å². The number of nitrogens with zero attached hydrogens (tertiary/aromatic N) is 5. The van der Waals surface area contributed by atoms with Gasteiger partial charge in [0, 0.05) is 105 Å². The number of aromatic amines is 1. The molecule has 66 heavy (non-hydrogen) atoms. The molecule has 11 rings (SSSR count). The first-order valence-corrected chi connectivity index (χ1v) is 22.8. The number of nitrogens with one attached hydrogen (secondary N) is 4. The van der Waals surface area contributed by atoms with Crippen molar-refractivity contribution in [3.05, 3.63) is 112 Å². The van der Waals surface area contributed by atoms with E-state index in [1.807, 2.05) is 36.4 Å². The Balaban J connectivity index is 0.714. The molecule has 0 aliphatic carbocycles. The average molecular weight is 898 g/mol. The van der Waals surface area contributed by atoms with Crippen molar-refractivity contribution in [1.82, 2.24) is 25.3 Å². The molecule has 0 saturated carbocycles. The van der Waals surface area contributed by atoms with Gasteiger partial charge in [-0.15, -0.1) is 0 Å². The minimum atomic E-state index is -0.987. The van der Waals surface area contributed by atoms with Gasteiger partial charge in [-0.25, -0.2) is 8.78 Å². The van der Waals surface area contributed by atoms with Crippen molar-refractivity contribution in [3.63, 3.8) is 0 Å². The van der Waals surface area contributed by atoms with Crippen LogP contribution < -0.4 is 25.8 Å². The number of piperidine rings is 2. The third-order valence-corrected chi connectivity index (χ3v) is 14.3. The quantitative estimate of drug-likeness (QED) is 0.131. The lowest BCUT2D eigenvalue weighted by atomic mass is 9.71. The number of likely N-dealkylation sites (tertiary alicyclic amines) is 1. The molecule has 4 N–H and O–H groups in total. The molecule has 340 valence electrons. The Morgan fingerprint density at radius 1 is 0.773 bits per heavy atom. The summed E-state index contributed by atoms with van der Waals surface area (Å²) in [6.07, 6.45) is 4.19. The van der Waals surface area contributed by atoms with Gasteiger partial charge in [-0.2, -0.15) is 5.10 Å². The van der Waals surface area contributed by atoms with E-state index in [9.17, 15) is 32.8 Å². The molecule has 1 unspecified atom stereocenters. The van der Waals surface area contributed by atoms with Crippen LogP contribution in [0.5, 0.6) is 0 Å². The molecule has 1 aromatic heterocycles. The molecule has 6 aliphatic rings. The number of ether oxygens (including phenoxy) is 1. The van der Waals surface area contributed by atoms with E-state index in [1.54, 1.807) is 12.1 Å². The van der Waals surface area contributed by atoms with Crippen LogP contribution in [-0.2, 0) is 20.7 Å². The lowest BCUT2D eigenvalue weighted by Gasteiger charge is -2.63. The molecule has 1 spiro atoms. The molecule has 5 saturated heterocycles. The van der Waals surface area contributed by atoms with Crippen molar-refractivity contribution in [1.29, 1.82) is 0 Å². The van der Waals surface area contributed by atoms with Crippen LogP contribution in [0, 0.1) is 17.0 Å². The third kappa shape index (κ3) is 7.82. The van der Waals surface area contributed by atoms with Crippen LogP contribution in [0.15, 0.2) is 72.8 Å². The number of halogens is 2. The summed E-state index contributed by atoms with van der Waals surface area (Å²) in [6.45, 7) is 6.78. The number of rotatable bonds is 10. The molecule has 15 nitrogen and oxygen atoms in total. The van der Waals surface area contributed by atoms with Gasteiger partial charge in [0.1, 0.15) is 17.7 Å². The summed E-state index contributed by atoms with van der Waals surface area (Å²) in [5.74, 6) is -3.21. The average Bonchev–Trinajstić information content (AvgIpc) is 3.78. The number of hydrogen-bond acceptors (Lipinski definition) is 11. The summed E-state index contributed by atoms with van der Waals surface area (Å²) in [4.78, 5) is 73.1. The monoisotopic (exact) mass is 897 g/mol. The smallest absolute Gasteiger partial charge is 0.262 e. The van der Waals surface area contributed by atoms with Gasteiger partial charge in [-0.3, -0.25) is 44.2 Å². The molecule has 0 radical (unpaired) electrons. The second-order valence-corrected chi connectivity index (χ2v) is 18.8. The van der Waals surface area contributed by atoms with Crippen LogP contribution >= 0.6 is 0 Å². The van der Waals surface area contributed by atoms with Gasteiger partial charge < -0.3 is 25.2 Å². The Morgan fingerprint density at radius 2 is 1.50 bits per heavy atom. The number of fused-ring (bicyclic) bond motifs is 2. The SMILES string of the molecule is O=C1CCC(N2C(=O)c3ccc(N4CC5(C4)CN(C4CCN(c6ccc(C(=O)Nc7n[nH]c8ccc(Cc9cc(F)cc(F)c9)cc78)c(NC7CCOCC7)c6)CC4)C5)cc3C2=O)C(=O)N1. The van der Waals surface area contributed by atoms with Crippen molar-refractivity contribution >= 4 is 63.3 Å². The lowest BCUT2D eigenvalue weighted by molar-refractivity contribution is -0.136. The van der Waals surface area contributed by atoms with E-state index in [2.05, 4.69) is 46.9 Å². The minimum Gasteiger partial charge on any atom is -0.381 e. The number of aromatic nitrogens is 2. The first-order valence-electron chi connectivity index (χ1n) is 22.8. The Labute approximate surface area is 378 Å². The molecular weight excluding hydrogens is 849 g/mol. The second-order valence-electron chi connectivity index (χ2n) is 18.8. The van der Waals surface area contributed by atoms with Crippen molar-refractivity contribution in [2.75, 3.05) is 72.9 Å². The lowest BCUT2D eigenvalue weighted by Crippen LogP contribution is -2.74. The van der Waals surface area contributed by atoms with Crippen LogP contribution in [0.2, 0.25) is 0 Å². The highest BCUT2D eigenvalue weighted by Gasteiger charge is 2.54. The van der Waals surface area contributed by atoms with Gasteiger partial charge in [0.2, 0.25) is 11.8 Å². The van der Waals surface area contributed by atoms with Crippen LogP contribution in [0.3, 0.4) is 0 Å². The summed E-state index contributed by atoms with van der Waals surface area (Å²) < 4.78 is 33.4. The van der Waals surface area contributed by atoms with Gasteiger partial charge in [0.05, 0.1) is 22.2 Å². The van der Waals surface area contributed by atoms with Crippen molar-refractivity contribution in [2.45, 2.75) is 63.1 Å². The van der Waals surface area contributed by atoms with Crippen molar-refractivity contribution < 1.29 is 37.5 Å². The third-order valence-electron chi connectivity index (χ3n) is 14.3. The highest BCUT2D eigenvalue weighted by molar-refractivity contribution is 6.23. The van der Waals surface area contributed by atoms with Crippen LogP contribution in [0.4, 0.5) is 31.7 Å². The summed E-state index contributed by atoms with van der Waals surface area (Å²) in [5, 5.41) is 17.0. The number of H-pyrrole nitrogens is 1. The molecular formula is C49H49F2N9O6. The fraction of sp³-hybridized carbons (Fsp3) is 0.388. The summed E-state index contributed by atoms with van der Waals surface area (Å²) in [6, 6.07) is 20.0. The molecule has 5 amide bonds. The van der Waals surface area contributed by atoms with E-state index in [0.717, 1.165) is 104 Å². The zero-order valence-corrected chi connectivity index (χ0v) is 36.2. The van der Waals surface area contributed by atoms with E-state index in [4.69, 9.17) is 4.74 Å². The van der Waals surface area contributed by atoms with Crippen LogP contribution in [0.1, 0.15) is 80.7 Å². The van der Waals surface area contributed by atoms with Gasteiger partial charge >= 0.3 is 0 Å². The van der Waals surface area contributed by atoms with Gasteiger partial charge in [0.25, 0.3) is 17.7 Å². The Hall–Kier alpha value is -6.72. The van der Waals surface area contributed by atoms with E-state index < -0.39 is 41.3 Å². The number of imide groups is 2. The maximum atomic E-state index is 14.1. The fourth-order valence-electron chi connectivity index (χ4n) is 10.9. The molecule has 5 aromatic rings. The molecule has 1 atom stereocenters. The van der Waals surface area contributed by atoms with E-state index in [1.165, 1.54) is 12.1 Å². The van der Waals surface area contributed by atoms with Crippen LogP contribution in [0.25, 0.3) is 10.9 Å². The Kier molecular flexibility index (Phi) is 10.6. The largest absolute Gasteiger partial charge is 0.381 e. The molecule has 7 heterocycles. The van der Waals surface area contributed by atoms with E-state index in [0.29, 0.717) is 53.6 Å². The number of hydrogen-bond donors (Lipinski definition) is 4. The number of anilines is 4. The number of carbonyl (C=O) groups excluding carboxylic acids is 5. The van der Waals surface area contributed by atoms with E-state index >= 15 is 0 Å². The fourth-order valence-corrected chi connectivity index (χ4v) is 10.9. The predicted molar refractivity (Wildman–Crippen MR) is 242 cm³/mol. The number of benzene rings is 4. The molecule has 0 bridgehead atoms. The summed E-state index contributed by atoms with van der Waals surface area (Å²) in [5.41, 5.74) is 5.99. The minimum absolute atomic E-state index is 0.0811. The topological polar surface area (TPSA) is 172 Å². The van der Waals surface area contributed by atoms with E-state index in [-0.39, 0.29) is 35.8 Å². The Bertz CT molecular complexity index is 2780. The van der Waals surface area contributed by atoms with Crippen molar-refractivity contribution in [3.8, 4) is 0 Å². The molecule has 5 fully saturated rings. The number of amides is 5. The molecule has 4 aromatic carbocycles. The van der Waals surface area contributed by atoms with Gasteiger partial charge in [-0.1, -0.05) is 6.07 Å². The van der Waals surface area contributed by atoms with Crippen molar-refractivity contribution in [2.24, 2.45) is 5.41 Å².